The summed E-state index contributed by atoms with van der Waals surface area (Å²) in [6, 6.07) is 14.6. The first-order chi connectivity index (χ1) is 15.5. The van der Waals surface area contributed by atoms with E-state index in [0.717, 1.165) is 21.9 Å². The number of ether oxygens (including phenoxy) is 1. The minimum atomic E-state index is -0.940. The zero-order valence-corrected chi connectivity index (χ0v) is 17.5. The first kappa shape index (κ1) is 22.9. The highest BCUT2D eigenvalue weighted by Crippen LogP contribution is 2.22. The second kappa shape index (κ2) is 11.0. The molecule has 0 saturated heterocycles. The van der Waals surface area contributed by atoms with E-state index in [9.17, 15) is 14.4 Å². The second-order valence-electron chi connectivity index (χ2n) is 7.36. The Hall–Kier alpha value is -3.78. The van der Waals surface area contributed by atoms with Gasteiger partial charge < -0.3 is 20.9 Å². The van der Waals surface area contributed by atoms with Gasteiger partial charge in [0, 0.05) is 42.9 Å². The number of esters is 1. The van der Waals surface area contributed by atoms with E-state index in [0.29, 0.717) is 5.69 Å². The number of hydrogen-bond acceptors (Lipinski definition) is 6. The van der Waals surface area contributed by atoms with Gasteiger partial charge in [0.2, 0.25) is 5.91 Å². The van der Waals surface area contributed by atoms with Crippen LogP contribution in [0.25, 0.3) is 10.8 Å². The van der Waals surface area contributed by atoms with Crippen LogP contribution in [0.3, 0.4) is 0 Å². The van der Waals surface area contributed by atoms with E-state index in [4.69, 9.17) is 15.6 Å². The molecule has 8 nitrogen and oxygen atoms in total. The zero-order valence-electron chi connectivity index (χ0n) is 17.5. The molecule has 3 aromatic rings. The van der Waals surface area contributed by atoms with E-state index >= 15 is 0 Å². The summed E-state index contributed by atoms with van der Waals surface area (Å²) >= 11 is 0. The van der Waals surface area contributed by atoms with Crippen molar-refractivity contribution in [2.24, 2.45) is 5.73 Å². The van der Waals surface area contributed by atoms with Crippen molar-refractivity contribution >= 4 is 34.3 Å². The number of carboxylic acids is 1. The number of aromatic nitrogens is 1. The van der Waals surface area contributed by atoms with Crippen LogP contribution in [0.5, 0.6) is 0 Å². The lowest BCUT2D eigenvalue weighted by Gasteiger charge is -2.16. The van der Waals surface area contributed by atoms with Crippen molar-refractivity contribution in [2.45, 2.75) is 31.8 Å². The topological polar surface area (TPSA) is 132 Å². The molecule has 0 aliphatic rings. The van der Waals surface area contributed by atoms with Crippen LogP contribution in [0.2, 0.25) is 0 Å². The van der Waals surface area contributed by atoms with Gasteiger partial charge in [-0.25, -0.2) is 0 Å². The number of fused-ring (bicyclic) bond motifs is 1. The summed E-state index contributed by atoms with van der Waals surface area (Å²) in [5.41, 5.74) is 8.07. The number of hydrogen-bond donors (Lipinski definition) is 3. The zero-order chi connectivity index (χ0) is 22.9. The molecular weight excluding hydrogens is 410 g/mol. The molecule has 0 fully saturated rings. The van der Waals surface area contributed by atoms with Crippen LogP contribution < -0.4 is 11.1 Å². The Balaban J connectivity index is 1.57. The van der Waals surface area contributed by atoms with E-state index in [2.05, 4.69) is 10.3 Å². The van der Waals surface area contributed by atoms with Crippen molar-refractivity contribution in [1.29, 1.82) is 0 Å². The van der Waals surface area contributed by atoms with Gasteiger partial charge in [0.25, 0.3) is 0 Å². The van der Waals surface area contributed by atoms with Crippen molar-refractivity contribution in [3.63, 3.8) is 0 Å². The fourth-order valence-electron chi connectivity index (χ4n) is 3.25. The molecule has 0 aliphatic heterocycles. The highest BCUT2D eigenvalue weighted by molar-refractivity contribution is 5.98. The molecule has 32 heavy (non-hydrogen) atoms. The minimum absolute atomic E-state index is 0.0606. The van der Waals surface area contributed by atoms with Gasteiger partial charge >= 0.3 is 11.9 Å². The van der Waals surface area contributed by atoms with Gasteiger partial charge in [0.1, 0.15) is 6.61 Å². The molecular formula is C24H25N3O5. The molecule has 1 amide bonds. The molecule has 0 bridgehead atoms. The number of rotatable bonds is 10. The predicted octanol–water partition coefficient (Wildman–Crippen LogP) is 3.21. The summed E-state index contributed by atoms with van der Waals surface area (Å²) in [4.78, 5) is 39.1. The Kier molecular flexibility index (Phi) is 7.88. The molecule has 0 radical (unpaired) electrons. The number of aliphatic carboxylic acids is 1. The molecule has 0 aliphatic carbocycles. The lowest BCUT2D eigenvalue weighted by Crippen LogP contribution is -2.27. The third-order valence-electron chi connectivity index (χ3n) is 5.01. The molecule has 1 heterocycles. The lowest BCUT2D eigenvalue weighted by atomic mass is 9.97. The van der Waals surface area contributed by atoms with E-state index < -0.39 is 17.9 Å². The van der Waals surface area contributed by atoms with Crippen LogP contribution >= 0.6 is 0 Å². The Morgan fingerprint density at radius 1 is 1.03 bits per heavy atom. The predicted molar refractivity (Wildman–Crippen MR) is 120 cm³/mol. The van der Waals surface area contributed by atoms with Gasteiger partial charge in [0.15, 0.2) is 0 Å². The first-order valence-corrected chi connectivity index (χ1v) is 10.3. The maximum atomic E-state index is 12.8. The fraction of sp³-hybridized carbons (Fsp3) is 0.250. The van der Waals surface area contributed by atoms with Crippen molar-refractivity contribution in [3.8, 4) is 0 Å². The SMILES string of the molecule is NC[C@@H](C(=O)Nc1ccc2cnccc2c1)c1ccc(COC(=O)CCCC(=O)O)cc1. The Bertz CT molecular complexity index is 1100. The van der Waals surface area contributed by atoms with Gasteiger partial charge in [0.05, 0.1) is 5.92 Å². The number of nitrogens with one attached hydrogen (secondary N) is 1. The number of carboxylic acid groups (broad SMARTS) is 1. The number of pyridine rings is 1. The van der Waals surface area contributed by atoms with Gasteiger partial charge in [-0.05, 0) is 41.1 Å². The number of carbonyl (C=O) groups is 3. The first-order valence-electron chi connectivity index (χ1n) is 10.3. The summed E-state index contributed by atoms with van der Waals surface area (Å²) in [6.45, 7) is 0.221. The van der Waals surface area contributed by atoms with Crippen molar-refractivity contribution < 1.29 is 24.2 Å². The average Bonchev–Trinajstić information content (AvgIpc) is 2.78. The van der Waals surface area contributed by atoms with Crippen LogP contribution in [0.4, 0.5) is 5.69 Å². The van der Waals surface area contributed by atoms with Gasteiger partial charge in [-0.1, -0.05) is 30.3 Å². The molecule has 0 unspecified atom stereocenters. The van der Waals surface area contributed by atoms with E-state index in [1.165, 1.54) is 0 Å². The van der Waals surface area contributed by atoms with Crippen molar-refractivity contribution in [3.05, 3.63) is 72.1 Å². The minimum Gasteiger partial charge on any atom is -0.481 e. The summed E-state index contributed by atoms with van der Waals surface area (Å²) < 4.78 is 5.16. The Morgan fingerprint density at radius 2 is 1.81 bits per heavy atom. The molecule has 1 atom stereocenters. The third-order valence-corrected chi connectivity index (χ3v) is 5.01. The smallest absolute Gasteiger partial charge is 0.306 e. The number of amides is 1. The third kappa shape index (κ3) is 6.36. The van der Waals surface area contributed by atoms with Crippen LogP contribution in [-0.2, 0) is 25.7 Å². The maximum absolute atomic E-state index is 12.8. The van der Waals surface area contributed by atoms with Crippen LogP contribution in [0, 0.1) is 0 Å². The summed E-state index contributed by atoms with van der Waals surface area (Å²) in [6.07, 6.45) is 3.70. The monoisotopic (exact) mass is 435 g/mol. The number of anilines is 1. The highest BCUT2D eigenvalue weighted by Gasteiger charge is 2.19. The molecule has 1 aromatic heterocycles. The molecule has 3 rings (SSSR count). The molecule has 0 spiro atoms. The molecule has 2 aromatic carbocycles. The van der Waals surface area contributed by atoms with Gasteiger partial charge in [-0.3, -0.25) is 19.4 Å². The van der Waals surface area contributed by atoms with Crippen molar-refractivity contribution in [2.75, 3.05) is 11.9 Å². The fourth-order valence-corrected chi connectivity index (χ4v) is 3.25. The standard InChI is InChI=1S/C24H25N3O5/c25-13-21(24(31)27-20-9-8-19-14-26-11-10-18(19)12-20)17-6-4-16(5-7-17)15-32-23(30)3-1-2-22(28)29/h4-12,14,21H,1-3,13,15,25H2,(H,27,31)(H,28,29)/t21-/m1/s1. The Labute approximate surface area is 185 Å². The van der Waals surface area contributed by atoms with E-state index in [-0.39, 0.29) is 38.3 Å². The van der Waals surface area contributed by atoms with Gasteiger partial charge in [-0.2, -0.15) is 0 Å². The number of benzene rings is 2. The Morgan fingerprint density at radius 3 is 2.53 bits per heavy atom. The largest absolute Gasteiger partial charge is 0.481 e. The lowest BCUT2D eigenvalue weighted by molar-refractivity contribution is -0.145. The normalized spacial score (nSPS) is 11.7. The number of nitrogens with two attached hydrogens (primary N) is 1. The number of nitrogens with zero attached hydrogens (tertiary/aromatic N) is 1. The summed E-state index contributed by atoms with van der Waals surface area (Å²) in [7, 11) is 0. The second-order valence-corrected chi connectivity index (χ2v) is 7.36. The molecule has 8 heteroatoms. The summed E-state index contributed by atoms with van der Waals surface area (Å²) in [5.74, 6) is -2.13. The van der Waals surface area contributed by atoms with Crippen LogP contribution in [0.1, 0.15) is 36.3 Å². The van der Waals surface area contributed by atoms with Gasteiger partial charge in [-0.15, -0.1) is 0 Å². The van der Waals surface area contributed by atoms with Crippen LogP contribution in [-0.4, -0.2) is 34.5 Å². The quantitative estimate of drug-likeness (QED) is 0.417. The van der Waals surface area contributed by atoms with E-state index in [1.807, 2.05) is 24.3 Å². The molecule has 4 N–H and O–H groups in total. The van der Waals surface area contributed by atoms with Crippen molar-refractivity contribution in [1.82, 2.24) is 4.98 Å². The molecule has 166 valence electrons. The molecule has 0 saturated carbocycles. The van der Waals surface area contributed by atoms with E-state index in [1.54, 1.807) is 36.7 Å². The maximum Gasteiger partial charge on any atom is 0.306 e. The average molecular weight is 435 g/mol. The summed E-state index contributed by atoms with van der Waals surface area (Å²) in [5, 5.41) is 13.5. The number of carbonyl (C=O) groups excluding carboxylic acids is 2. The van der Waals surface area contributed by atoms with Crippen LogP contribution in [0.15, 0.2) is 60.9 Å². The highest BCUT2D eigenvalue weighted by atomic mass is 16.5.